The molecule has 0 rings (SSSR count). The molecule has 5 heteroatoms. The number of carbonyl (C=O) groups excluding carboxylic acids is 1. The molecular formula is C7H13NO4. The molecule has 0 aliphatic rings. The molecule has 5 nitrogen and oxygen atoms in total. The second-order valence-corrected chi connectivity index (χ2v) is 2.54. The average Bonchev–Trinajstić information content (AvgIpc) is 2.00. The summed E-state index contributed by atoms with van der Waals surface area (Å²) in [5.41, 5.74) is 0. The van der Waals surface area contributed by atoms with E-state index in [0.29, 0.717) is 0 Å². The SMILES string of the molecule is C[C@@H](CO)NC(=O)CCC(=O)O. The van der Waals surface area contributed by atoms with Crippen LogP contribution in [0.25, 0.3) is 0 Å². The molecule has 0 radical (unpaired) electrons. The number of hydrogen-bond donors (Lipinski definition) is 3. The van der Waals surface area contributed by atoms with Gasteiger partial charge in [0.2, 0.25) is 5.91 Å². The van der Waals surface area contributed by atoms with E-state index >= 15 is 0 Å². The molecule has 70 valence electrons. The summed E-state index contributed by atoms with van der Waals surface area (Å²) >= 11 is 0. The molecule has 0 aromatic heterocycles. The molecule has 3 N–H and O–H groups in total. The van der Waals surface area contributed by atoms with Gasteiger partial charge in [0.25, 0.3) is 0 Å². The van der Waals surface area contributed by atoms with Crippen molar-refractivity contribution in [2.24, 2.45) is 0 Å². The van der Waals surface area contributed by atoms with Crippen LogP contribution < -0.4 is 5.32 Å². The first-order valence-electron chi connectivity index (χ1n) is 3.68. The first kappa shape index (κ1) is 10.9. The smallest absolute Gasteiger partial charge is 0.303 e. The van der Waals surface area contributed by atoms with Gasteiger partial charge in [0.05, 0.1) is 13.0 Å². The number of nitrogens with one attached hydrogen (secondary N) is 1. The van der Waals surface area contributed by atoms with E-state index in [1.165, 1.54) is 0 Å². The van der Waals surface area contributed by atoms with E-state index in [4.69, 9.17) is 10.2 Å². The predicted molar refractivity (Wildman–Crippen MR) is 41.6 cm³/mol. The molecule has 12 heavy (non-hydrogen) atoms. The standard InChI is InChI=1S/C7H13NO4/c1-5(4-9)8-6(10)2-3-7(11)12/h5,9H,2-4H2,1H3,(H,8,10)(H,11,12)/t5-/m0/s1. The third-order valence-corrected chi connectivity index (χ3v) is 1.25. The minimum absolute atomic E-state index is 0.0420. The molecule has 0 aliphatic heterocycles. The molecule has 0 saturated heterocycles. The van der Waals surface area contributed by atoms with E-state index in [1.54, 1.807) is 6.92 Å². The Balaban J connectivity index is 3.53. The maximum Gasteiger partial charge on any atom is 0.303 e. The van der Waals surface area contributed by atoms with Crippen molar-refractivity contribution in [2.45, 2.75) is 25.8 Å². The van der Waals surface area contributed by atoms with Crippen LogP contribution in [0.5, 0.6) is 0 Å². The van der Waals surface area contributed by atoms with Crippen LogP contribution >= 0.6 is 0 Å². The maximum atomic E-state index is 10.8. The minimum atomic E-state index is -0.998. The van der Waals surface area contributed by atoms with Gasteiger partial charge in [0, 0.05) is 12.5 Å². The molecule has 0 aromatic rings. The van der Waals surface area contributed by atoms with Crippen molar-refractivity contribution in [1.82, 2.24) is 5.32 Å². The van der Waals surface area contributed by atoms with Gasteiger partial charge in [0.1, 0.15) is 0 Å². The quantitative estimate of drug-likeness (QED) is 0.518. The lowest BCUT2D eigenvalue weighted by Crippen LogP contribution is -2.35. The third kappa shape index (κ3) is 5.67. The number of aliphatic hydroxyl groups is 1. The molecule has 0 unspecified atom stereocenters. The molecule has 0 fully saturated rings. The first-order valence-corrected chi connectivity index (χ1v) is 3.68. The first-order chi connectivity index (χ1) is 5.56. The molecule has 0 heterocycles. The zero-order valence-corrected chi connectivity index (χ0v) is 6.91. The number of carbonyl (C=O) groups is 2. The summed E-state index contributed by atoms with van der Waals surface area (Å²) in [6.07, 6.45) is -0.219. The fourth-order valence-corrected chi connectivity index (χ4v) is 0.613. The molecule has 0 aliphatic carbocycles. The molecule has 0 spiro atoms. The average molecular weight is 175 g/mol. The zero-order valence-electron chi connectivity index (χ0n) is 6.91. The number of carboxylic acids is 1. The number of carboxylic acid groups (broad SMARTS) is 1. The van der Waals surface area contributed by atoms with Gasteiger partial charge in [-0.1, -0.05) is 0 Å². The monoisotopic (exact) mass is 175 g/mol. The van der Waals surface area contributed by atoms with Gasteiger partial charge in [-0.25, -0.2) is 0 Å². The lowest BCUT2D eigenvalue weighted by Gasteiger charge is -2.09. The summed E-state index contributed by atoms with van der Waals surface area (Å²) in [4.78, 5) is 20.9. The van der Waals surface area contributed by atoms with Crippen LogP contribution in [0.15, 0.2) is 0 Å². The van der Waals surface area contributed by atoms with Gasteiger partial charge in [-0.2, -0.15) is 0 Å². The van der Waals surface area contributed by atoms with Gasteiger partial charge < -0.3 is 15.5 Å². The highest BCUT2D eigenvalue weighted by molar-refractivity contribution is 5.80. The number of hydrogen-bond acceptors (Lipinski definition) is 3. The van der Waals surface area contributed by atoms with Crippen LogP contribution in [0.4, 0.5) is 0 Å². The van der Waals surface area contributed by atoms with Crippen LogP contribution in [0.1, 0.15) is 19.8 Å². The zero-order chi connectivity index (χ0) is 9.56. The second kappa shape index (κ2) is 5.54. The number of amides is 1. The van der Waals surface area contributed by atoms with Gasteiger partial charge in [0.15, 0.2) is 0 Å². The van der Waals surface area contributed by atoms with Crippen molar-refractivity contribution in [3.8, 4) is 0 Å². The fraction of sp³-hybridized carbons (Fsp3) is 0.714. The Morgan fingerprint density at radius 3 is 2.42 bits per heavy atom. The van der Waals surface area contributed by atoms with E-state index in [2.05, 4.69) is 5.32 Å². The van der Waals surface area contributed by atoms with Crippen molar-refractivity contribution in [1.29, 1.82) is 0 Å². The highest BCUT2D eigenvalue weighted by Gasteiger charge is 2.07. The summed E-state index contributed by atoms with van der Waals surface area (Å²) < 4.78 is 0. The van der Waals surface area contributed by atoms with Gasteiger partial charge in [-0.3, -0.25) is 9.59 Å². The van der Waals surface area contributed by atoms with Gasteiger partial charge >= 0.3 is 5.97 Å². The van der Waals surface area contributed by atoms with Crippen molar-refractivity contribution in [3.05, 3.63) is 0 Å². The molecular weight excluding hydrogens is 162 g/mol. The minimum Gasteiger partial charge on any atom is -0.481 e. The predicted octanol–water partition coefficient (Wildman–Crippen LogP) is -0.652. The van der Waals surface area contributed by atoms with Crippen molar-refractivity contribution < 1.29 is 19.8 Å². The molecule has 0 saturated carbocycles. The van der Waals surface area contributed by atoms with E-state index in [0.717, 1.165) is 0 Å². The van der Waals surface area contributed by atoms with E-state index in [1.807, 2.05) is 0 Å². The fourth-order valence-electron chi connectivity index (χ4n) is 0.613. The Bertz CT molecular complexity index is 169. The van der Waals surface area contributed by atoms with Gasteiger partial charge in [-0.15, -0.1) is 0 Å². The van der Waals surface area contributed by atoms with Crippen molar-refractivity contribution in [3.63, 3.8) is 0 Å². The molecule has 1 amide bonds. The normalized spacial score (nSPS) is 12.2. The maximum absolute atomic E-state index is 10.8. The summed E-state index contributed by atoms with van der Waals surface area (Å²) in [6, 6.07) is -0.314. The summed E-state index contributed by atoms with van der Waals surface area (Å²) in [6.45, 7) is 1.50. The molecule has 0 bridgehead atoms. The van der Waals surface area contributed by atoms with Gasteiger partial charge in [-0.05, 0) is 6.92 Å². The molecule has 0 aromatic carbocycles. The second-order valence-electron chi connectivity index (χ2n) is 2.54. The van der Waals surface area contributed by atoms with Crippen molar-refractivity contribution >= 4 is 11.9 Å². The third-order valence-electron chi connectivity index (χ3n) is 1.25. The van der Waals surface area contributed by atoms with Crippen molar-refractivity contribution in [2.75, 3.05) is 6.61 Å². The number of aliphatic hydroxyl groups excluding tert-OH is 1. The Kier molecular flexibility index (Phi) is 5.03. The lowest BCUT2D eigenvalue weighted by molar-refractivity contribution is -0.138. The Morgan fingerprint density at radius 1 is 1.42 bits per heavy atom. The highest BCUT2D eigenvalue weighted by atomic mass is 16.4. The van der Waals surface area contributed by atoms with E-state index in [9.17, 15) is 9.59 Å². The Labute approximate surface area is 70.4 Å². The van der Waals surface area contributed by atoms with Crippen LogP contribution in [-0.4, -0.2) is 34.7 Å². The van der Waals surface area contributed by atoms with Crippen LogP contribution in [0, 0.1) is 0 Å². The lowest BCUT2D eigenvalue weighted by atomic mass is 10.2. The van der Waals surface area contributed by atoms with E-state index < -0.39 is 5.97 Å². The highest BCUT2D eigenvalue weighted by Crippen LogP contribution is 1.89. The summed E-state index contributed by atoms with van der Waals surface area (Å²) in [5.74, 6) is -1.35. The summed E-state index contributed by atoms with van der Waals surface area (Å²) in [5, 5.41) is 19.2. The number of aliphatic carboxylic acids is 1. The van der Waals surface area contributed by atoms with E-state index in [-0.39, 0.29) is 31.4 Å². The Hall–Kier alpha value is -1.10. The molecule has 1 atom stereocenters. The van der Waals surface area contributed by atoms with Crippen LogP contribution in [0.2, 0.25) is 0 Å². The summed E-state index contributed by atoms with van der Waals surface area (Å²) in [7, 11) is 0. The topological polar surface area (TPSA) is 86.6 Å². The number of rotatable bonds is 5. The van der Waals surface area contributed by atoms with Crippen LogP contribution in [-0.2, 0) is 9.59 Å². The Morgan fingerprint density at radius 2 is 2.00 bits per heavy atom. The largest absolute Gasteiger partial charge is 0.481 e. The van der Waals surface area contributed by atoms with Crippen LogP contribution in [0.3, 0.4) is 0 Å².